The summed E-state index contributed by atoms with van der Waals surface area (Å²) in [5.74, 6) is 0. The summed E-state index contributed by atoms with van der Waals surface area (Å²) in [4.78, 5) is 8.55. The van der Waals surface area contributed by atoms with Gasteiger partial charge in [-0.05, 0) is 46.6 Å². The topological polar surface area (TPSA) is 54.0 Å². The van der Waals surface area contributed by atoms with Crippen molar-refractivity contribution in [2.24, 2.45) is 0 Å². The number of hydrogen-bond donors (Lipinski definition) is 0. The highest BCUT2D eigenvalue weighted by atomic mass is 79.9. The fourth-order valence-corrected chi connectivity index (χ4v) is 2.69. The number of pyridine rings is 2. The number of nitrogens with zero attached hydrogens (tertiary/aromatic N) is 4. The molecule has 3 aromatic rings. The average Bonchev–Trinajstić information content (AvgIpc) is 2.78. The van der Waals surface area contributed by atoms with Crippen LogP contribution in [-0.4, -0.2) is 14.4 Å². The van der Waals surface area contributed by atoms with Crippen LogP contribution in [0.5, 0.6) is 0 Å². The van der Waals surface area contributed by atoms with Gasteiger partial charge in [-0.3, -0.25) is 9.38 Å². The molecule has 0 amide bonds. The molecule has 0 atom stereocenters. The Morgan fingerprint density at radius 2 is 2.05 bits per heavy atom. The van der Waals surface area contributed by atoms with Crippen molar-refractivity contribution in [3.63, 3.8) is 0 Å². The molecule has 0 unspecified atom stereocenters. The van der Waals surface area contributed by atoms with Crippen LogP contribution in [0.3, 0.4) is 0 Å². The molecule has 0 radical (unpaired) electrons. The summed E-state index contributed by atoms with van der Waals surface area (Å²) >= 11 is 3.49. The lowest BCUT2D eigenvalue weighted by atomic mass is 10.1. The number of aromatic nitrogens is 3. The van der Waals surface area contributed by atoms with E-state index in [-0.39, 0.29) is 0 Å². The molecule has 5 heteroatoms. The van der Waals surface area contributed by atoms with Crippen molar-refractivity contribution in [1.29, 1.82) is 5.26 Å². The van der Waals surface area contributed by atoms with E-state index in [0.717, 1.165) is 21.2 Å². The van der Waals surface area contributed by atoms with E-state index in [9.17, 15) is 5.26 Å². The van der Waals surface area contributed by atoms with Crippen LogP contribution in [0.25, 0.3) is 16.9 Å². The van der Waals surface area contributed by atoms with Crippen LogP contribution in [0.2, 0.25) is 0 Å². The third kappa shape index (κ3) is 1.90. The molecule has 3 rings (SSSR count). The molecule has 0 aliphatic carbocycles. The average molecular weight is 313 g/mol. The summed E-state index contributed by atoms with van der Waals surface area (Å²) in [5.41, 5.74) is 3.91. The first-order chi connectivity index (χ1) is 9.20. The van der Waals surface area contributed by atoms with E-state index in [0.29, 0.717) is 11.4 Å². The zero-order valence-corrected chi connectivity index (χ0v) is 11.7. The van der Waals surface area contributed by atoms with Gasteiger partial charge in [-0.2, -0.15) is 5.26 Å². The second-order valence-electron chi connectivity index (χ2n) is 4.22. The van der Waals surface area contributed by atoms with Gasteiger partial charge in [0.2, 0.25) is 0 Å². The standard InChI is InChI=1S/C14H9BrN4/c1-9-6-11(15)14-18-13(10-2-4-17-5-3-10)12(7-16)19(14)8-9/h2-6,8H,1H3. The van der Waals surface area contributed by atoms with Gasteiger partial charge in [0.05, 0.1) is 4.47 Å². The van der Waals surface area contributed by atoms with Crippen LogP contribution in [0.15, 0.2) is 41.3 Å². The number of halogens is 1. The minimum absolute atomic E-state index is 0.533. The molecule has 0 aromatic carbocycles. The molecule has 0 N–H and O–H groups in total. The first-order valence-corrected chi connectivity index (χ1v) is 6.48. The van der Waals surface area contributed by atoms with Gasteiger partial charge in [0.25, 0.3) is 0 Å². The minimum Gasteiger partial charge on any atom is -0.290 e. The van der Waals surface area contributed by atoms with Crippen LogP contribution < -0.4 is 0 Å². The molecule has 0 saturated heterocycles. The van der Waals surface area contributed by atoms with Gasteiger partial charge in [0.15, 0.2) is 11.3 Å². The normalized spacial score (nSPS) is 10.6. The van der Waals surface area contributed by atoms with E-state index in [2.05, 4.69) is 32.0 Å². The molecule has 0 fully saturated rings. The van der Waals surface area contributed by atoms with Crippen molar-refractivity contribution in [2.75, 3.05) is 0 Å². The molecular weight excluding hydrogens is 304 g/mol. The Balaban J connectivity index is 2.39. The third-order valence-electron chi connectivity index (χ3n) is 2.87. The second-order valence-corrected chi connectivity index (χ2v) is 5.07. The van der Waals surface area contributed by atoms with Gasteiger partial charge in [-0.1, -0.05) is 0 Å². The van der Waals surface area contributed by atoms with E-state index in [4.69, 9.17) is 0 Å². The van der Waals surface area contributed by atoms with E-state index in [1.54, 1.807) is 12.4 Å². The maximum absolute atomic E-state index is 9.41. The lowest BCUT2D eigenvalue weighted by Crippen LogP contribution is -1.91. The van der Waals surface area contributed by atoms with E-state index < -0.39 is 0 Å². The van der Waals surface area contributed by atoms with Crippen molar-refractivity contribution in [2.45, 2.75) is 6.92 Å². The minimum atomic E-state index is 0.533. The van der Waals surface area contributed by atoms with Gasteiger partial charge < -0.3 is 0 Å². The number of aryl methyl sites for hydroxylation is 1. The van der Waals surface area contributed by atoms with Gasteiger partial charge in [-0.25, -0.2) is 4.98 Å². The summed E-state index contributed by atoms with van der Waals surface area (Å²) in [7, 11) is 0. The Morgan fingerprint density at radius 1 is 1.32 bits per heavy atom. The number of fused-ring (bicyclic) bond motifs is 1. The summed E-state index contributed by atoms with van der Waals surface area (Å²) in [5, 5.41) is 9.41. The Morgan fingerprint density at radius 3 is 2.74 bits per heavy atom. The van der Waals surface area contributed by atoms with Crippen LogP contribution in [0.4, 0.5) is 0 Å². The fourth-order valence-electron chi connectivity index (χ4n) is 2.05. The summed E-state index contributed by atoms with van der Waals surface area (Å²) < 4.78 is 2.69. The third-order valence-corrected chi connectivity index (χ3v) is 3.46. The van der Waals surface area contributed by atoms with Gasteiger partial charge in [-0.15, -0.1) is 0 Å². The van der Waals surface area contributed by atoms with Gasteiger partial charge in [0.1, 0.15) is 11.8 Å². The van der Waals surface area contributed by atoms with Gasteiger partial charge in [0, 0.05) is 24.2 Å². The molecule has 0 aliphatic heterocycles. The Hall–Kier alpha value is -2.19. The smallest absolute Gasteiger partial charge is 0.152 e. The Labute approximate surface area is 118 Å². The highest BCUT2D eigenvalue weighted by Gasteiger charge is 2.15. The van der Waals surface area contributed by atoms with Crippen LogP contribution in [0, 0.1) is 18.3 Å². The Kier molecular flexibility index (Phi) is 2.80. The second kappa shape index (κ2) is 4.48. The predicted molar refractivity (Wildman–Crippen MR) is 75.6 cm³/mol. The van der Waals surface area contributed by atoms with Crippen molar-refractivity contribution in [3.8, 4) is 17.3 Å². The van der Waals surface area contributed by atoms with E-state index >= 15 is 0 Å². The number of hydrogen-bond acceptors (Lipinski definition) is 3. The van der Waals surface area contributed by atoms with Crippen molar-refractivity contribution >= 4 is 21.6 Å². The monoisotopic (exact) mass is 312 g/mol. The number of rotatable bonds is 1. The van der Waals surface area contributed by atoms with Crippen LogP contribution >= 0.6 is 15.9 Å². The fraction of sp³-hybridized carbons (Fsp3) is 0.0714. The molecule has 0 bridgehead atoms. The molecule has 92 valence electrons. The highest BCUT2D eigenvalue weighted by molar-refractivity contribution is 9.10. The molecular formula is C14H9BrN4. The maximum atomic E-state index is 9.41. The van der Waals surface area contributed by atoms with Crippen LogP contribution in [0.1, 0.15) is 11.3 Å². The molecule has 0 saturated carbocycles. The van der Waals surface area contributed by atoms with Crippen molar-refractivity contribution < 1.29 is 0 Å². The molecule has 3 heterocycles. The molecule has 3 aromatic heterocycles. The van der Waals surface area contributed by atoms with E-state index in [1.807, 2.05) is 35.7 Å². The maximum Gasteiger partial charge on any atom is 0.152 e. The largest absolute Gasteiger partial charge is 0.290 e. The summed E-state index contributed by atoms with van der Waals surface area (Å²) in [6.45, 7) is 1.98. The van der Waals surface area contributed by atoms with Crippen LogP contribution in [-0.2, 0) is 0 Å². The summed E-state index contributed by atoms with van der Waals surface area (Å²) in [6, 6.07) is 7.92. The zero-order chi connectivity index (χ0) is 13.4. The SMILES string of the molecule is Cc1cc(Br)c2nc(-c3ccncc3)c(C#N)n2c1. The van der Waals surface area contributed by atoms with Gasteiger partial charge >= 0.3 is 0 Å². The number of imidazole rings is 1. The quantitative estimate of drug-likeness (QED) is 0.692. The first kappa shape index (κ1) is 11.9. The predicted octanol–water partition coefficient (Wildman–Crippen LogP) is 3.34. The molecule has 4 nitrogen and oxygen atoms in total. The molecule has 0 spiro atoms. The number of nitriles is 1. The lowest BCUT2D eigenvalue weighted by molar-refractivity contribution is 1.12. The molecule has 19 heavy (non-hydrogen) atoms. The first-order valence-electron chi connectivity index (χ1n) is 5.69. The Bertz CT molecular complexity index is 800. The zero-order valence-electron chi connectivity index (χ0n) is 10.1. The van der Waals surface area contributed by atoms with E-state index in [1.165, 1.54) is 0 Å². The van der Waals surface area contributed by atoms with Crippen molar-refractivity contribution in [3.05, 3.63) is 52.5 Å². The lowest BCUT2D eigenvalue weighted by Gasteiger charge is -1.99. The van der Waals surface area contributed by atoms with Crippen molar-refractivity contribution in [1.82, 2.24) is 14.4 Å². The highest BCUT2D eigenvalue weighted by Crippen LogP contribution is 2.27. The molecule has 0 aliphatic rings. The summed E-state index contributed by atoms with van der Waals surface area (Å²) in [6.07, 6.45) is 5.30.